The first-order chi connectivity index (χ1) is 10.3. The van der Waals surface area contributed by atoms with Crippen molar-refractivity contribution in [1.82, 2.24) is 9.80 Å². The second-order valence-electron chi connectivity index (χ2n) is 8.29. The predicted molar refractivity (Wildman–Crippen MR) is 88.3 cm³/mol. The molecular weight excluding hydrogens is 256 g/mol. The van der Waals surface area contributed by atoms with Crippen molar-refractivity contribution in [2.45, 2.75) is 51.5 Å². The van der Waals surface area contributed by atoms with Crippen LogP contribution in [0.2, 0.25) is 0 Å². The van der Waals surface area contributed by atoms with Gasteiger partial charge in [-0.3, -0.25) is 4.90 Å². The molecule has 2 bridgehead atoms. The van der Waals surface area contributed by atoms with E-state index >= 15 is 0 Å². The average molecular weight is 288 g/mol. The maximum absolute atomic E-state index is 2.81. The first kappa shape index (κ1) is 14.3. The zero-order chi connectivity index (χ0) is 14.2. The molecule has 0 amide bonds. The Labute approximate surface area is 130 Å². The van der Waals surface area contributed by atoms with Gasteiger partial charge in [0.1, 0.15) is 0 Å². The topological polar surface area (TPSA) is 6.48 Å². The molecule has 2 saturated carbocycles. The molecule has 3 unspecified atom stereocenters. The van der Waals surface area contributed by atoms with Gasteiger partial charge in [-0.15, -0.1) is 0 Å². The van der Waals surface area contributed by atoms with E-state index in [1.54, 1.807) is 0 Å². The number of piperazine rings is 1. The summed E-state index contributed by atoms with van der Waals surface area (Å²) in [6.07, 6.45) is 13.8. The number of hydrogen-bond acceptors (Lipinski definition) is 2. The Morgan fingerprint density at radius 2 is 1.67 bits per heavy atom. The SMILES string of the molecule is CC1CCC(N2CCN(CC3CC4C=CC3C4)CC2)CC1. The minimum absolute atomic E-state index is 0.911. The number of nitrogens with zero attached hydrogens (tertiary/aromatic N) is 2. The van der Waals surface area contributed by atoms with E-state index in [0.717, 1.165) is 29.7 Å². The van der Waals surface area contributed by atoms with Gasteiger partial charge in [0.15, 0.2) is 0 Å². The lowest BCUT2D eigenvalue weighted by molar-refractivity contribution is 0.0628. The Balaban J connectivity index is 1.23. The summed E-state index contributed by atoms with van der Waals surface area (Å²) in [7, 11) is 0. The van der Waals surface area contributed by atoms with Crippen LogP contribution in [0.1, 0.15) is 45.4 Å². The van der Waals surface area contributed by atoms with Gasteiger partial charge in [0.05, 0.1) is 0 Å². The van der Waals surface area contributed by atoms with E-state index in [2.05, 4.69) is 28.9 Å². The van der Waals surface area contributed by atoms with Crippen LogP contribution in [0.15, 0.2) is 12.2 Å². The summed E-state index contributed by atoms with van der Waals surface area (Å²) in [6.45, 7) is 9.11. The van der Waals surface area contributed by atoms with E-state index in [0.29, 0.717) is 0 Å². The van der Waals surface area contributed by atoms with E-state index in [9.17, 15) is 0 Å². The molecule has 0 aromatic carbocycles. The quantitative estimate of drug-likeness (QED) is 0.735. The molecule has 21 heavy (non-hydrogen) atoms. The molecule has 2 nitrogen and oxygen atoms in total. The molecule has 4 rings (SSSR count). The third kappa shape index (κ3) is 3.07. The fourth-order valence-electron chi connectivity index (χ4n) is 5.35. The van der Waals surface area contributed by atoms with Crippen molar-refractivity contribution in [2.24, 2.45) is 23.7 Å². The summed E-state index contributed by atoms with van der Waals surface area (Å²) in [4.78, 5) is 5.57. The molecule has 0 N–H and O–H groups in total. The third-order valence-electron chi connectivity index (χ3n) is 6.82. The van der Waals surface area contributed by atoms with Crippen LogP contribution in [-0.4, -0.2) is 48.6 Å². The van der Waals surface area contributed by atoms with Gasteiger partial charge in [0.25, 0.3) is 0 Å². The van der Waals surface area contributed by atoms with Gasteiger partial charge < -0.3 is 4.90 Å². The standard InChI is InChI=1S/C19H32N2/c1-15-2-6-19(7-3-15)21-10-8-20(9-11-21)14-18-13-16-4-5-17(18)12-16/h4-5,15-19H,2-3,6-14H2,1H3. The minimum Gasteiger partial charge on any atom is -0.300 e. The van der Waals surface area contributed by atoms with Crippen molar-refractivity contribution in [3.05, 3.63) is 12.2 Å². The molecule has 4 aliphatic rings. The summed E-state index contributed by atoms with van der Waals surface area (Å²) in [6, 6.07) is 0.911. The van der Waals surface area contributed by atoms with Crippen LogP contribution in [0.3, 0.4) is 0 Å². The molecule has 3 atom stereocenters. The van der Waals surface area contributed by atoms with E-state index in [1.165, 1.54) is 71.2 Å². The fraction of sp³-hybridized carbons (Fsp3) is 0.895. The molecular formula is C19H32N2. The molecule has 3 fully saturated rings. The maximum atomic E-state index is 2.81. The van der Waals surface area contributed by atoms with Gasteiger partial charge in [0.2, 0.25) is 0 Å². The zero-order valence-corrected chi connectivity index (χ0v) is 13.7. The second-order valence-corrected chi connectivity index (χ2v) is 8.29. The first-order valence-corrected chi connectivity index (χ1v) is 9.42. The summed E-state index contributed by atoms with van der Waals surface area (Å²) in [5.41, 5.74) is 0. The minimum atomic E-state index is 0.911. The normalized spacial score (nSPS) is 44.5. The molecule has 1 heterocycles. The van der Waals surface area contributed by atoms with E-state index in [1.807, 2.05) is 0 Å². The summed E-state index contributed by atoms with van der Waals surface area (Å²) < 4.78 is 0. The molecule has 0 spiro atoms. The van der Waals surface area contributed by atoms with Crippen LogP contribution in [0.5, 0.6) is 0 Å². The predicted octanol–water partition coefficient (Wildman–Crippen LogP) is 3.39. The molecule has 1 aliphatic heterocycles. The first-order valence-electron chi connectivity index (χ1n) is 9.42. The van der Waals surface area contributed by atoms with Crippen molar-refractivity contribution in [1.29, 1.82) is 0 Å². The molecule has 1 saturated heterocycles. The van der Waals surface area contributed by atoms with E-state index < -0.39 is 0 Å². The summed E-state index contributed by atoms with van der Waals surface area (Å²) >= 11 is 0. The van der Waals surface area contributed by atoms with Crippen molar-refractivity contribution in [3.63, 3.8) is 0 Å². The van der Waals surface area contributed by atoms with Gasteiger partial charge in [-0.2, -0.15) is 0 Å². The van der Waals surface area contributed by atoms with E-state index in [-0.39, 0.29) is 0 Å². The Morgan fingerprint density at radius 1 is 0.905 bits per heavy atom. The number of hydrogen-bond donors (Lipinski definition) is 0. The Morgan fingerprint density at radius 3 is 2.29 bits per heavy atom. The highest BCUT2D eigenvalue weighted by Gasteiger charge is 2.37. The molecule has 0 aromatic heterocycles. The Hall–Kier alpha value is -0.340. The lowest BCUT2D eigenvalue weighted by Crippen LogP contribution is -2.52. The van der Waals surface area contributed by atoms with Gasteiger partial charge in [-0.25, -0.2) is 0 Å². The summed E-state index contributed by atoms with van der Waals surface area (Å²) in [5, 5.41) is 0. The van der Waals surface area contributed by atoms with Crippen LogP contribution in [0, 0.1) is 23.7 Å². The van der Waals surface area contributed by atoms with Crippen molar-refractivity contribution in [3.8, 4) is 0 Å². The Bertz CT molecular complexity index is 375. The van der Waals surface area contributed by atoms with Gasteiger partial charge in [0, 0.05) is 38.8 Å². The maximum Gasteiger partial charge on any atom is 0.0113 e. The fourth-order valence-corrected chi connectivity index (χ4v) is 5.35. The van der Waals surface area contributed by atoms with Crippen LogP contribution in [0.4, 0.5) is 0 Å². The van der Waals surface area contributed by atoms with Gasteiger partial charge >= 0.3 is 0 Å². The van der Waals surface area contributed by atoms with Crippen LogP contribution in [0.25, 0.3) is 0 Å². The van der Waals surface area contributed by atoms with Crippen molar-refractivity contribution in [2.75, 3.05) is 32.7 Å². The molecule has 0 radical (unpaired) electrons. The lowest BCUT2D eigenvalue weighted by Gasteiger charge is -2.42. The molecule has 118 valence electrons. The van der Waals surface area contributed by atoms with E-state index in [4.69, 9.17) is 0 Å². The molecule has 3 aliphatic carbocycles. The van der Waals surface area contributed by atoms with Crippen molar-refractivity contribution >= 4 is 0 Å². The van der Waals surface area contributed by atoms with Crippen LogP contribution >= 0.6 is 0 Å². The van der Waals surface area contributed by atoms with Gasteiger partial charge in [-0.05, 0) is 62.2 Å². The average Bonchev–Trinajstić information content (AvgIpc) is 3.12. The van der Waals surface area contributed by atoms with Crippen LogP contribution < -0.4 is 0 Å². The highest BCUT2D eigenvalue weighted by atomic mass is 15.3. The van der Waals surface area contributed by atoms with Crippen LogP contribution in [-0.2, 0) is 0 Å². The zero-order valence-electron chi connectivity index (χ0n) is 13.7. The Kier molecular flexibility index (Phi) is 4.10. The molecule has 2 heteroatoms. The smallest absolute Gasteiger partial charge is 0.0113 e. The second kappa shape index (κ2) is 6.04. The third-order valence-corrected chi connectivity index (χ3v) is 6.82. The number of fused-ring (bicyclic) bond motifs is 2. The summed E-state index contributed by atoms with van der Waals surface area (Å²) in [5.74, 6) is 3.81. The largest absolute Gasteiger partial charge is 0.300 e. The monoisotopic (exact) mass is 288 g/mol. The highest BCUT2D eigenvalue weighted by Crippen LogP contribution is 2.43. The lowest BCUT2D eigenvalue weighted by atomic mass is 9.86. The molecule has 0 aromatic rings. The number of allylic oxidation sites excluding steroid dienone is 2. The highest BCUT2D eigenvalue weighted by molar-refractivity contribution is 5.10. The van der Waals surface area contributed by atoms with Gasteiger partial charge in [-0.1, -0.05) is 19.1 Å². The number of rotatable bonds is 3. The van der Waals surface area contributed by atoms with Crippen molar-refractivity contribution < 1.29 is 0 Å².